The molecule has 0 aliphatic heterocycles. The first-order valence-corrected chi connectivity index (χ1v) is 4.08. The number of hydrogen-bond acceptors (Lipinski definition) is 3. The van der Waals surface area contributed by atoms with E-state index in [4.69, 9.17) is 0 Å². The minimum absolute atomic E-state index is 0.0249. The van der Waals surface area contributed by atoms with Crippen molar-refractivity contribution in [2.75, 3.05) is 0 Å². The molecule has 0 radical (unpaired) electrons. The summed E-state index contributed by atoms with van der Waals surface area (Å²) < 4.78 is 28.3. The summed E-state index contributed by atoms with van der Waals surface area (Å²) in [5.41, 5.74) is 0.941. The van der Waals surface area contributed by atoms with Gasteiger partial charge in [0.1, 0.15) is 11.0 Å². The van der Waals surface area contributed by atoms with Gasteiger partial charge in [0.2, 0.25) is 0 Å². The molecular formula is C9H6F2N2O2. The van der Waals surface area contributed by atoms with E-state index in [1.54, 1.807) is 0 Å². The van der Waals surface area contributed by atoms with Crippen LogP contribution < -0.4 is 4.74 Å². The Hall–Kier alpha value is -1.98. The molecule has 0 atom stereocenters. The number of rotatable bonds is 3. The zero-order chi connectivity index (χ0) is 10.8. The van der Waals surface area contributed by atoms with Crippen molar-refractivity contribution < 1.29 is 18.3 Å². The summed E-state index contributed by atoms with van der Waals surface area (Å²) in [5, 5.41) is 0. The predicted octanol–water partition coefficient (Wildman–Crippen LogP) is 1.98. The van der Waals surface area contributed by atoms with Crippen molar-refractivity contribution in [3.05, 3.63) is 24.0 Å². The zero-order valence-corrected chi connectivity index (χ0v) is 7.41. The van der Waals surface area contributed by atoms with Crippen LogP contribution >= 0.6 is 0 Å². The fraction of sp³-hybridized carbons (Fsp3) is 0.111. The van der Waals surface area contributed by atoms with Crippen LogP contribution in [0.1, 0.15) is 10.4 Å². The van der Waals surface area contributed by atoms with Gasteiger partial charge in [-0.1, -0.05) is 0 Å². The molecular weight excluding hydrogens is 206 g/mol. The highest BCUT2D eigenvalue weighted by Crippen LogP contribution is 2.26. The van der Waals surface area contributed by atoms with Crippen LogP contribution in [0.4, 0.5) is 8.78 Å². The van der Waals surface area contributed by atoms with Crippen molar-refractivity contribution in [1.29, 1.82) is 0 Å². The normalized spacial score (nSPS) is 10.9. The average molecular weight is 212 g/mol. The van der Waals surface area contributed by atoms with E-state index in [1.165, 1.54) is 18.5 Å². The monoisotopic (exact) mass is 212 g/mol. The molecule has 6 heteroatoms. The van der Waals surface area contributed by atoms with Gasteiger partial charge in [0.15, 0.2) is 12.0 Å². The minimum Gasteiger partial charge on any atom is -0.433 e. The van der Waals surface area contributed by atoms with Gasteiger partial charge in [-0.25, -0.2) is 4.98 Å². The van der Waals surface area contributed by atoms with Crippen LogP contribution in [0, 0.1) is 0 Å². The summed E-state index contributed by atoms with van der Waals surface area (Å²) in [4.78, 5) is 17.1. The maximum atomic E-state index is 12.0. The number of hydrogen-bond donors (Lipinski definition) is 1. The Labute approximate surface area is 82.9 Å². The molecule has 0 aliphatic rings. The lowest BCUT2D eigenvalue weighted by molar-refractivity contribution is -0.0489. The second kappa shape index (κ2) is 3.64. The highest BCUT2D eigenvalue weighted by Gasteiger charge is 2.12. The molecule has 78 valence electrons. The number of ether oxygens (including phenoxy) is 1. The van der Waals surface area contributed by atoms with E-state index in [0.717, 1.165) is 0 Å². The number of carbonyl (C=O) groups excluding carboxylic acids is 1. The van der Waals surface area contributed by atoms with Crippen molar-refractivity contribution in [3.63, 3.8) is 0 Å². The average Bonchev–Trinajstić information content (AvgIpc) is 2.66. The molecule has 0 unspecified atom stereocenters. The molecule has 4 nitrogen and oxygen atoms in total. The molecule has 1 heterocycles. The number of alkyl halides is 2. The third-order valence-corrected chi connectivity index (χ3v) is 1.92. The Balaban J connectivity index is 2.58. The van der Waals surface area contributed by atoms with E-state index in [-0.39, 0.29) is 5.75 Å². The highest BCUT2D eigenvalue weighted by molar-refractivity contribution is 5.96. The predicted molar refractivity (Wildman–Crippen MR) is 48.1 cm³/mol. The van der Waals surface area contributed by atoms with Gasteiger partial charge in [0.25, 0.3) is 0 Å². The number of aromatic amines is 1. The summed E-state index contributed by atoms with van der Waals surface area (Å²) in [6, 6.07) is 2.68. The number of benzene rings is 1. The number of nitrogens with zero attached hydrogens (tertiary/aromatic N) is 1. The number of aromatic nitrogens is 2. The molecule has 15 heavy (non-hydrogen) atoms. The second-order valence-electron chi connectivity index (χ2n) is 2.78. The number of imidazole rings is 1. The van der Waals surface area contributed by atoms with E-state index in [2.05, 4.69) is 14.7 Å². The van der Waals surface area contributed by atoms with Gasteiger partial charge in [0.05, 0.1) is 6.33 Å². The Morgan fingerprint density at radius 1 is 1.47 bits per heavy atom. The quantitative estimate of drug-likeness (QED) is 0.791. The maximum Gasteiger partial charge on any atom is 0.387 e. The summed E-state index contributed by atoms with van der Waals surface area (Å²) >= 11 is 0. The summed E-state index contributed by atoms with van der Waals surface area (Å²) in [6.07, 6.45) is 1.92. The first-order chi connectivity index (χ1) is 7.22. The highest BCUT2D eigenvalue weighted by atomic mass is 19.3. The molecule has 0 spiro atoms. The Kier molecular flexibility index (Phi) is 2.32. The van der Waals surface area contributed by atoms with Crippen LogP contribution in [-0.2, 0) is 0 Å². The van der Waals surface area contributed by atoms with Crippen molar-refractivity contribution in [2.45, 2.75) is 6.61 Å². The van der Waals surface area contributed by atoms with Crippen LogP contribution in [0.2, 0.25) is 0 Å². The second-order valence-corrected chi connectivity index (χ2v) is 2.78. The van der Waals surface area contributed by atoms with Gasteiger partial charge in [-0.05, 0) is 12.1 Å². The third kappa shape index (κ3) is 1.65. The SMILES string of the molecule is O=Cc1ccc(OC(F)F)c2[nH]cnc12. The van der Waals surface area contributed by atoms with Crippen molar-refractivity contribution in [2.24, 2.45) is 0 Å². The summed E-state index contributed by atoms with van der Waals surface area (Å²) in [7, 11) is 0. The van der Waals surface area contributed by atoms with Gasteiger partial charge in [0, 0.05) is 5.56 Å². The molecule has 0 fully saturated rings. The van der Waals surface area contributed by atoms with E-state index in [1.807, 2.05) is 0 Å². The van der Waals surface area contributed by atoms with Crippen molar-refractivity contribution >= 4 is 17.3 Å². The molecule has 1 aromatic heterocycles. The number of nitrogens with one attached hydrogen (secondary N) is 1. The third-order valence-electron chi connectivity index (χ3n) is 1.92. The number of aldehydes is 1. The van der Waals surface area contributed by atoms with Gasteiger partial charge in [-0.15, -0.1) is 0 Å². The van der Waals surface area contributed by atoms with E-state index >= 15 is 0 Å². The lowest BCUT2D eigenvalue weighted by Gasteiger charge is -2.05. The molecule has 1 N–H and O–H groups in total. The molecule has 0 saturated carbocycles. The van der Waals surface area contributed by atoms with Crippen LogP contribution in [0.5, 0.6) is 5.75 Å². The smallest absolute Gasteiger partial charge is 0.387 e. The first kappa shape index (κ1) is 9.57. The van der Waals surface area contributed by atoms with Gasteiger partial charge in [-0.2, -0.15) is 8.78 Å². The van der Waals surface area contributed by atoms with Crippen LogP contribution in [-0.4, -0.2) is 22.9 Å². The molecule has 1 aromatic carbocycles. The molecule has 0 aliphatic carbocycles. The Bertz CT molecular complexity index is 496. The first-order valence-electron chi connectivity index (χ1n) is 4.08. The number of halogens is 2. The largest absolute Gasteiger partial charge is 0.433 e. The van der Waals surface area contributed by atoms with E-state index in [9.17, 15) is 13.6 Å². The molecule has 0 amide bonds. The standard InChI is InChI=1S/C9H6F2N2O2/c10-9(11)15-6-2-1-5(3-14)7-8(6)13-4-12-7/h1-4,9H,(H,12,13). The van der Waals surface area contributed by atoms with Crippen molar-refractivity contribution in [1.82, 2.24) is 9.97 Å². The number of H-pyrrole nitrogens is 1. The van der Waals surface area contributed by atoms with Crippen molar-refractivity contribution in [3.8, 4) is 5.75 Å². The van der Waals surface area contributed by atoms with Gasteiger partial charge in [-0.3, -0.25) is 4.79 Å². The minimum atomic E-state index is -2.90. The topological polar surface area (TPSA) is 55.0 Å². The Morgan fingerprint density at radius 2 is 2.27 bits per heavy atom. The van der Waals surface area contributed by atoms with E-state index in [0.29, 0.717) is 22.9 Å². The number of carbonyl (C=O) groups is 1. The summed E-state index contributed by atoms with van der Waals surface area (Å²) in [6.45, 7) is -2.90. The molecule has 2 aromatic rings. The van der Waals surface area contributed by atoms with Gasteiger partial charge >= 0.3 is 6.61 Å². The van der Waals surface area contributed by atoms with Crippen LogP contribution in [0.15, 0.2) is 18.5 Å². The molecule has 0 saturated heterocycles. The lowest BCUT2D eigenvalue weighted by atomic mass is 10.2. The molecule has 2 rings (SSSR count). The fourth-order valence-corrected chi connectivity index (χ4v) is 1.32. The zero-order valence-electron chi connectivity index (χ0n) is 7.41. The Morgan fingerprint density at radius 3 is 2.93 bits per heavy atom. The van der Waals surface area contributed by atoms with E-state index < -0.39 is 6.61 Å². The van der Waals surface area contributed by atoms with Crippen LogP contribution in [0.3, 0.4) is 0 Å². The number of fused-ring (bicyclic) bond motifs is 1. The van der Waals surface area contributed by atoms with Crippen LogP contribution in [0.25, 0.3) is 11.0 Å². The van der Waals surface area contributed by atoms with Gasteiger partial charge < -0.3 is 9.72 Å². The fourth-order valence-electron chi connectivity index (χ4n) is 1.32. The summed E-state index contributed by atoms with van der Waals surface area (Å²) in [5.74, 6) is -0.0249. The maximum absolute atomic E-state index is 12.0. The molecule has 0 bridgehead atoms. The lowest BCUT2D eigenvalue weighted by Crippen LogP contribution is -2.02.